The molecule has 1 aromatic carbocycles. The predicted molar refractivity (Wildman–Crippen MR) is 87.9 cm³/mol. The predicted octanol–water partition coefficient (Wildman–Crippen LogP) is 3.56. The Balaban J connectivity index is 2.04. The van der Waals surface area contributed by atoms with Crippen molar-refractivity contribution in [3.05, 3.63) is 41.7 Å². The normalized spacial score (nSPS) is 11.6. The zero-order valence-corrected chi connectivity index (χ0v) is 15.0. The van der Waals surface area contributed by atoms with Crippen molar-refractivity contribution in [3.8, 4) is 11.5 Å². The van der Waals surface area contributed by atoms with Crippen LogP contribution in [-0.4, -0.2) is 40.9 Å². The standard InChI is InChI=1S/C17H18F5N3O3/c1-3-27-13-8-11(4-5-12(13)28-16(18)19)9-24(2)15(26)10-25-7-6-14(23-25)17(20,21)22/h4-8,16H,3,9-10H2,1-2H3. The maximum atomic E-state index is 12.6. The molecule has 0 aliphatic carbocycles. The largest absolute Gasteiger partial charge is 0.490 e. The number of rotatable bonds is 8. The van der Waals surface area contributed by atoms with Gasteiger partial charge in [-0.1, -0.05) is 6.07 Å². The average molecular weight is 407 g/mol. The monoisotopic (exact) mass is 407 g/mol. The van der Waals surface area contributed by atoms with E-state index in [4.69, 9.17) is 4.74 Å². The van der Waals surface area contributed by atoms with E-state index in [0.717, 1.165) is 16.9 Å². The van der Waals surface area contributed by atoms with Gasteiger partial charge in [0.2, 0.25) is 5.91 Å². The van der Waals surface area contributed by atoms with Crippen molar-refractivity contribution >= 4 is 5.91 Å². The van der Waals surface area contributed by atoms with Crippen LogP contribution in [0.1, 0.15) is 18.2 Å². The number of carbonyl (C=O) groups is 1. The van der Waals surface area contributed by atoms with E-state index < -0.39 is 24.4 Å². The lowest BCUT2D eigenvalue weighted by molar-refractivity contribution is -0.142. The molecule has 0 bridgehead atoms. The zero-order valence-electron chi connectivity index (χ0n) is 15.0. The molecule has 0 spiro atoms. The molecule has 1 aromatic heterocycles. The van der Waals surface area contributed by atoms with Gasteiger partial charge >= 0.3 is 12.8 Å². The summed E-state index contributed by atoms with van der Waals surface area (Å²) in [4.78, 5) is 13.5. The van der Waals surface area contributed by atoms with Gasteiger partial charge in [-0.3, -0.25) is 9.48 Å². The molecule has 0 unspecified atom stereocenters. The second-order valence-corrected chi connectivity index (χ2v) is 5.74. The minimum absolute atomic E-state index is 0.0846. The molecule has 28 heavy (non-hydrogen) atoms. The Morgan fingerprint density at radius 2 is 1.96 bits per heavy atom. The minimum atomic E-state index is -4.59. The summed E-state index contributed by atoms with van der Waals surface area (Å²) in [5.41, 5.74) is -0.517. The van der Waals surface area contributed by atoms with Gasteiger partial charge in [-0.25, -0.2) is 0 Å². The quantitative estimate of drug-likeness (QED) is 0.628. The number of hydrogen-bond donors (Lipinski definition) is 0. The Morgan fingerprint density at radius 3 is 2.54 bits per heavy atom. The number of halogens is 5. The third kappa shape index (κ3) is 5.83. The zero-order chi connectivity index (χ0) is 20.9. The summed E-state index contributed by atoms with van der Waals surface area (Å²) >= 11 is 0. The first-order valence-corrected chi connectivity index (χ1v) is 8.15. The SMILES string of the molecule is CCOc1cc(CN(C)C(=O)Cn2ccc(C(F)(F)F)n2)ccc1OC(F)F. The minimum Gasteiger partial charge on any atom is -0.490 e. The van der Waals surface area contributed by atoms with Gasteiger partial charge in [0.05, 0.1) is 6.61 Å². The van der Waals surface area contributed by atoms with Crippen LogP contribution in [0.5, 0.6) is 11.5 Å². The smallest absolute Gasteiger partial charge is 0.435 e. The molecule has 1 amide bonds. The average Bonchev–Trinajstić information content (AvgIpc) is 3.06. The number of hydrogen-bond acceptors (Lipinski definition) is 4. The first-order chi connectivity index (χ1) is 13.1. The molecule has 11 heteroatoms. The van der Waals surface area contributed by atoms with Crippen LogP contribution in [0.2, 0.25) is 0 Å². The topological polar surface area (TPSA) is 56.6 Å². The van der Waals surface area contributed by atoms with Crippen LogP contribution < -0.4 is 9.47 Å². The number of ether oxygens (including phenoxy) is 2. The van der Waals surface area contributed by atoms with Crippen LogP contribution >= 0.6 is 0 Å². The van der Waals surface area contributed by atoms with Crippen molar-refractivity contribution in [2.75, 3.05) is 13.7 Å². The fourth-order valence-electron chi connectivity index (χ4n) is 2.33. The van der Waals surface area contributed by atoms with Crippen molar-refractivity contribution in [3.63, 3.8) is 0 Å². The van der Waals surface area contributed by atoms with Gasteiger partial charge in [-0.05, 0) is 30.7 Å². The maximum Gasteiger partial charge on any atom is 0.435 e. The van der Waals surface area contributed by atoms with Crippen molar-refractivity contribution < 1.29 is 36.2 Å². The highest BCUT2D eigenvalue weighted by molar-refractivity contribution is 5.75. The second-order valence-electron chi connectivity index (χ2n) is 5.74. The van der Waals surface area contributed by atoms with E-state index in [2.05, 4.69) is 9.84 Å². The maximum absolute atomic E-state index is 12.6. The van der Waals surface area contributed by atoms with E-state index in [-0.39, 0.29) is 31.2 Å². The Labute approximate surface area is 157 Å². The number of benzene rings is 1. The summed E-state index contributed by atoms with van der Waals surface area (Å²) in [6.45, 7) is -1.41. The highest BCUT2D eigenvalue weighted by atomic mass is 19.4. The van der Waals surface area contributed by atoms with Crippen LogP contribution in [0.4, 0.5) is 22.0 Å². The number of nitrogens with zero attached hydrogens (tertiary/aromatic N) is 3. The lowest BCUT2D eigenvalue weighted by atomic mass is 10.2. The van der Waals surface area contributed by atoms with Crippen LogP contribution in [0.25, 0.3) is 0 Å². The molecular weight excluding hydrogens is 389 g/mol. The lowest BCUT2D eigenvalue weighted by Gasteiger charge is -2.19. The molecule has 0 fully saturated rings. The van der Waals surface area contributed by atoms with E-state index in [1.54, 1.807) is 6.92 Å². The number of alkyl halides is 5. The number of aromatic nitrogens is 2. The molecule has 0 aliphatic heterocycles. The summed E-state index contributed by atoms with van der Waals surface area (Å²) < 4.78 is 73.1. The van der Waals surface area contributed by atoms with Gasteiger partial charge in [0.25, 0.3) is 0 Å². The summed E-state index contributed by atoms with van der Waals surface area (Å²) in [6.07, 6.45) is -3.52. The van der Waals surface area contributed by atoms with Gasteiger partial charge in [-0.15, -0.1) is 0 Å². The molecule has 154 valence electrons. The van der Waals surface area contributed by atoms with E-state index in [1.807, 2.05) is 0 Å². The summed E-state index contributed by atoms with van der Waals surface area (Å²) in [7, 11) is 1.46. The van der Waals surface area contributed by atoms with Crippen molar-refractivity contribution in [1.82, 2.24) is 14.7 Å². The van der Waals surface area contributed by atoms with Crippen LogP contribution in [-0.2, 0) is 24.1 Å². The van der Waals surface area contributed by atoms with Crippen molar-refractivity contribution in [2.24, 2.45) is 0 Å². The Kier molecular flexibility index (Phi) is 6.81. The Hall–Kier alpha value is -2.85. The summed E-state index contributed by atoms with van der Waals surface area (Å²) in [6, 6.07) is 5.03. The molecule has 2 aromatic rings. The molecule has 1 heterocycles. The molecule has 2 rings (SSSR count). The Morgan fingerprint density at radius 1 is 1.25 bits per heavy atom. The van der Waals surface area contributed by atoms with Gasteiger partial charge < -0.3 is 14.4 Å². The van der Waals surface area contributed by atoms with E-state index in [9.17, 15) is 26.7 Å². The van der Waals surface area contributed by atoms with Crippen molar-refractivity contribution in [1.29, 1.82) is 0 Å². The van der Waals surface area contributed by atoms with Crippen LogP contribution in [0.3, 0.4) is 0 Å². The van der Waals surface area contributed by atoms with E-state index in [1.165, 1.54) is 30.1 Å². The molecule has 0 radical (unpaired) electrons. The fraction of sp³-hybridized carbons (Fsp3) is 0.412. The van der Waals surface area contributed by atoms with E-state index >= 15 is 0 Å². The molecular formula is C17H18F5N3O3. The fourth-order valence-corrected chi connectivity index (χ4v) is 2.33. The Bertz CT molecular complexity index is 808. The van der Waals surface area contributed by atoms with Crippen molar-refractivity contribution in [2.45, 2.75) is 32.8 Å². The lowest BCUT2D eigenvalue weighted by Crippen LogP contribution is -2.30. The van der Waals surface area contributed by atoms with Gasteiger partial charge in [0.15, 0.2) is 17.2 Å². The van der Waals surface area contributed by atoms with Gasteiger partial charge in [0, 0.05) is 19.8 Å². The molecule has 0 N–H and O–H groups in total. The first-order valence-electron chi connectivity index (χ1n) is 8.15. The molecule has 0 saturated heterocycles. The summed E-state index contributed by atoms with van der Waals surface area (Å²) in [5.74, 6) is -0.517. The molecule has 0 atom stereocenters. The van der Waals surface area contributed by atoms with E-state index in [0.29, 0.717) is 5.56 Å². The number of amides is 1. The second kappa shape index (κ2) is 8.89. The molecule has 6 nitrogen and oxygen atoms in total. The number of likely N-dealkylation sites (N-methyl/N-ethyl adjacent to an activating group) is 1. The van der Waals surface area contributed by atoms with Crippen LogP contribution in [0, 0.1) is 0 Å². The molecule has 0 aliphatic rings. The third-order valence-electron chi connectivity index (χ3n) is 3.60. The van der Waals surface area contributed by atoms with Crippen LogP contribution in [0.15, 0.2) is 30.5 Å². The highest BCUT2D eigenvalue weighted by Gasteiger charge is 2.33. The number of carbonyl (C=O) groups excluding carboxylic acids is 1. The summed E-state index contributed by atoms with van der Waals surface area (Å²) in [5, 5.41) is 3.33. The highest BCUT2D eigenvalue weighted by Crippen LogP contribution is 2.30. The third-order valence-corrected chi connectivity index (χ3v) is 3.60. The van der Waals surface area contributed by atoms with Gasteiger partial charge in [-0.2, -0.15) is 27.1 Å². The first kappa shape index (κ1) is 21.5. The molecule has 0 saturated carbocycles. The van der Waals surface area contributed by atoms with Gasteiger partial charge in [0.1, 0.15) is 6.54 Å².